The number of nitrogens with one attached hydrogen (secondary N) is 2. The summed E-state index contributed by atoms with van der Waals surface area (Å²) in [4.78, 5) is 43.0. The molecule has 8 nitrogen and oxygen atoms in total. The second kappa shape index (κ2) is 8.39. The van der Waals surface area contributed by atoms with Gasteiger partial charge in [0.25, 0.3) is 0 Å². The normalized spacial score (nSPS) is 30.5. The summed E-state index contributed by atoms with van der Waals surface area (Å²) in [5.74, 6) is -0.235. The maximum absolute atomic E-state index is 13.5. The third-order valence-electron chi connectivity index (χ3n) is 7.85. The molecule has 32 heavy (non-hydrogen) atoms. The first-order valence-electron chi connectivity index (χ1n) is 11.9. The van der Waals surface area contributed by atoms with E-state index in [1.165, 1.54) is 12.8 Å². The Morgan fingerprint density at radius 3 is 2.62 bits per heavy atom. The van der Waals surface area contributed by atoms with Crippen LogP contribution in [0.4, 0.5) is 4.79 Å². The third-order valence-corrected chi connectivity index (χ3v) is 7.85. The summed E-state index contributed by atoms with van der Waals surface area (Å²) in [6.07, 6.45) is 5.84. The Labute approximate surface area is 189 Å². The van der Waals surface area contributed by atoms with Crippen LogP contribution in [-0.2, 0) is 16.1 Å². The Balaban J connectivity index is 1.34. The molecule has 4 unspecified atom stereocenters. The molecule has 2 saturated heterocycles. The molecule has 4 amide bonds. The van der Waals surface area contributed by atoms with Crippen LogP contribution in [0.2, 0.25) is 0 Å². The molecule has 1 aromatic carbocycles. The van der Waals surface area contributed by atoms with Gasteiger partial charge in [0.05, 0.1) is 12.5 Å². The first kappa shape index (κ1) is 21.2. The molecule has 0 aromatic heterocycles. The molecular formula is C24H33N5O3. The van der Waals surface area contributed by atoms with Crippen LogP contribution in [0.1, 0.15) is 56.1 Å². The molecule has 1 aromatic rings. The number of aryl methyl sites for hydroxylation is 1. The van der Waals surface area contributed by atoms with Crippen molar-refractivity contribution in [2.45, 2.75) is 76.8 Å². The van der Waals surface area contributed by atoms with Crippen LogP contribution in [0.5, 0.6) is 0 Å². The average molecular weight is 440 g/mol. The predicted octanol–water partition coefficient (Wildman–Crippen LogP) is 2.34. The number of hydrogen-bond acceptors (Lipinski definition) is 4. The highest BCUT2D eigenvalue weighted by atomic mass is 16.2. The molecular weight excluding hydrogens is 406 g/mol. The Morgan fingerprint density at radius 1 is 1.12 bits per heavy atom. The number of nitrogens with zero attached hydrogens (tertiary/aromatic N) is 3. The Kier molecular flexibility index (Phi) is 5.57. The van der Waals surface area contributed by atoms with E-state index in [-0.39, 0.29) is 41.8 Å². The van der Waals surface area contributed by atoms with E-state index in [1.807, 2.05) is 31.2 Å². The zero-order valence-corrected chi connectivity index (χ0v) is 18.9. The molecule has 2 heterocycles. The van der Waals surface area contributed by atoms with Crippen LogP contribution >= 0.6 is 0 Å². The van der Waals surface area contributed by atoms with Gasteiger partial charge in [0.2, 0.25) is 11.8 Å². The first-order valence-corrected chi connectivity index (χ1v) is 11.9. The monoisotopic (exact) mass is 439 g/mol. The Morgan fingerprint density at radius 2 is 1.88 bits per heavy atom. The number of amides is 4. The fourth-order valence-corrected chi connectivity index (χ4v) is 5.92. The molecule has 0 bridgehead atoms. The number of hydrogen-bond donors (Lipinski definition) is 2. The molecule has 4 fully saturated rings. The van der Waals surface area contributed by atoms with E-state index >= 15 is 0 Å². The van der Waals surface area contributed by atoms with E-state index in [0.717, 1.165) is 24.0 Å². The van der Waals surface area contributed by atoms with Crippen molar-refractivity contribution in [2.75, 3.05) is 7.05 Å². The largest absolute Gasteiger partial charge is 0.353 e. The minimum absolute atomic E-state index is 0.0592. The summed E-state index contributed by atoms with van der Waals surface area (Å²) >= 11 is 0. The molecule has 0 spiro atoms. The van der Waals surface area contributed by atoms with Crippen molar-refractivity contribution in [3.05, 3.63) is 35.4 Å². The van der Waals surface area contributed by atoms with Crippen LogP contribution in [0.25, 0.3) is 0 Å². The van der Waals surface area contributed by atoms with Gasteiger partial charge < -0.3 is 10.2 Å². The lowest BCUT2D eigenvalue weighted by atomic mass is 9.75. The van der Waals surface area contributed by atoms with Crippen molar-refractivity contribution in [1.82, 2.24) is 25.6 Å². The summed E-state index contributed by atoms with van der Waals surface area (Å²) in [6, 6.07) is 7.91. The van der Waals surface area contributed by atoms with Crippen molar-refractivity contribution in [2.24, 2.45) is 11.8 Å². The molecule has 2 aliphatic carbocycles. The number of benzene rings is 1. The fourth-order valence-electron chi connectivity index (χ4n) is 5.92. The quantitative estimate of drug-likeness (QED) is 0.754. The van der Waals surface area contributed by atoms with Crippen molar-refractivity contribution in [3.63, 3.8) is 0 Å². The van der Waals surface area contributed by atoms with Gasteiger partial charge >= 0.3 is 6.03 Å². The van der Waals surface area contributed by atoms with Gasteiger partial charge in [-0.25, -0.2) is 4.79 Å². The van der Waals surface area contributed by atoms with Crippen molar-refractivity contribution in [1.29, 1.82) is 0 Å². The summed E-state index contributed by atoms with van der Waals surface area (Å²) < 4.78 is 0. The predicted molar refractivity (Wildman–Crippen MR) is 119 cm³/mol. The number of carbonyl (C=O) groups excluding carboxylic acids is 3. The molecule has 2 N–H and O–H groups in total. The van der Waals surface area contributed by atoms with Crippen LogP contribution < -0.4 is 10.7 Å². The van der Waals surface area contributed by atoms with E-state index in [1.54, 1.807) is 21.9 Å². The first-order chi connectivity index (χ1) is 15.4. The topological polar surface area (TPSA) is 85.0 Å². The van der Waals surface area contributed by atoms with Gasteiger partial charge in [-0.2, -0.15) is 5.43 Å². The Bertz CT molecular complexity index is 915. The van der Waals surface area contributed by atoms with Crippen LogP contribution in [0.3, 0.4) is 0 Å². The highest BCUT2D eigenvalue weighted by molar-refractivity contribution is 5.86. The van der Waals surface area contributed by atoms with Gasteiger partial charge in [-0.1, -0.05) is 37.1 Å². The molecule has 5 rings (SSSR count). The van der Waals surface area contributed by atoms with E-state index in [9.17, 15) is 14.4 Å². The molecule has 8 heteroatoms. The summed E-state index contributed by atoms with van der Waals surface area (Å²) in [5, 5.41) is 4.83. The number of urea groups is 1. The molecule has 2 saturated carbocycles. The second-order valence-corrected chi connectivity index (χ2v) is 9.83. The van der Waals surface area contributed by atoms with Gasteiger partial charge in [-0.05, 0) is 50.2 Å². The lowest BCUT2D eigenvalue weighted by Gasteiger charge is -2.48. The van der Waals surface area contributed by atoms with Crippen molar-refractivity contribution < 1.29 is 14.4 Å². The standard InChI is InChI=1S/C24H33N5O3/c1-15-7-3-4-8-17(15)14-28-24(32)29-20-13-16(21(30)25-18-9-5-6-10-18)11-12-19(20)22(31)27(2)23(29)26-28/h3-4,7-8,16,18-20,23,26H,5-6,9-14H2,1-2H3,(H,25,30). The van der Waals surface area contributed by atoms with E-state index < -0.39 is 6.29 Å². The zero-order valence-electron chi connectivity index (χ0n) is 18.9. The Hall–Kier alpha value is -2.61. The van der Waals surface area contributed by atoms with E-state index in [0.29, 0.717) is 25.8 Å². The number of fused-ring (bicyclic) bond motifs is 3. The maximum Gasteiger partial charge on any atom is 0.337 e. The highest BCUT2D eigenvalue weighted by Gasteiger charge is 2.55. The maximum atomic E-state index is 13.5. The van der Waals surface area contributed by atoms with Gasteiger partial charge in [0.1, 0.15) is 0 Å². The van der Waals surface area contributed by atoms with E-state index in [2.05, 4.69) is 10.7 Å². The smallest absolute Gasteiger partial charge is 0.337 e. The SMILES string of the molecule is Cc1ccccc1CN1NC2N(C)C(=O)C3CCC(C(=O)NC4CCCC4)CC3N2C1=O. The summed E-state index contributed by atoms with van der Waals surface area (Å²) in [7, 11) is 1.76. The van der Waals surface area contributed by atoms with Crippen LogP contribution in [0, 0.1) is 18.8 Å². The molecule has 4 aliphatic rings. The average Bonchev–Trinajstić information content (AvgIpc) is 3.41. The minimum atomic E-state index is -0.503. The highest BCUT2D eigenvalue weighted by Crippen LogP contribution is 2.40. The summed E-state index contributed by atoms with van der Waals surface area (Å²) in [5.41, 5.74) is 5.44. The second-order valence-electron chi connectivity index (χ2n) is 9.83. The van der Waals surface area contributed by atoms with Gasteiger partial charge in [-0.15, -0.1) is 0 Å². The number of carbonyl (C=O) groups is 3. The third kappa shape index (κ3) is 3.64. The lowest BCUT2D eigenvalue weighted by molar-refractivity contribution is -0.156. The molecule has 2 aliphatic heterocycles. The van der Waals surface area contributed by atoms with Crippen LogP contribution in [0.15, 0.2) is 24.3 Å². The molecule has 4 atom stereocenters. The van der Waals surface area contributed by atoms with E-state index in [4.69, 9.17) is 0 Å². The number of rotatable bonds is 4. The molecule has 172 valence electrons. The van der Waals surface area contributed by atoms with Gasteiger partial charge in [-0.3, -0.25) is 19.5 Å². The van der Waals surface area contributed by atoms with Gasteiger partial charge in [0, 0.05) is 25.0 Å². The molecule has 0 radical (unpaired) electrons. The van der Waals surface area contributed by atoms with Gasteiger partial charge in [0.15, 0.2) is 6.29 Å². The lowest BCUT2D eigenvalue weighted by Crippen LogP contribution is -2.66. The van der Waals surface area contributed by atoms with Crippen molar-refractivity contribution in [3.8, 4) is 0 Å². The summed E-state index contributed by atoms with van der Waals surface area (Å²) in [6.45, 7) is 2.47. The minimum Gasteiger partial charge on any atom is -0.353 e. The zero-order chi connectivity index (χ0) is 22.4. The van der Waals surface area contributed by atoms with Crippen molar-refractivity contribution >= 4 is 17.8 Å². The number of hydrazine groups is 1. The van der Waals surface area contributed by atoms with Crippen LogP contribution in [-0.4, -0.2) is 58.1 Å². The fraction of sp³-hybridized carbons (Fsp3) is 0.625.